The molecular weight excluding hydrogens is 416 g/mol. The number of ether oxygens (including phenoxy) is 1. The number of hydrogen-bond acceptors (Lipinski definition) is 6. The highest BCUT2D eigenvalue weighted by atomic mass is 16.5. The van der Waals surface area contributed by atoms with E-state index < -0.39 is 0 Å². The molecule has 2 aliphatic rings. The van der Waals surface area contributed by atoms with Crippen LogP contribution in [0.15, 0.2) is 36.9 Å². The number of nitrogens with one attached hydrogen (secondary N) is 1. The fraction of sp³-hybridized carbons (Fsp3) is 0.440. The van der Waals surface area contributed by atoms with Gasteiger partial charge in [0.1, 0.15) is 5.82 Å². The van der Waals surface area contributed by atoms with Gasteiger partial charge < -0.3 is 19.2 Å². The number of pyridine rings is 1. The van der Waals surface area contributed by atoms with Crippen LogP contribution in [-0.4, -0.2) is 50.7 Å². The van der Waals surface area contributed by atoms with Gasteiger partial charge in [-0.05, 0) is 43.0 Å². The Morgan fingerprint density at radius 3 is 2.91 bits per heavy atom. The number of H-pyrrole nitrogens is 1. The van der Waals surface area contributed by atoms with Gasteiger partial charge in [-0.3, -0.25) is 4.79 Å². The van der Waals surface area contributed by atoms with Crippen molar-refractivity contribution in [2.45, 2.75) is 44.6 Å². The molecule has 1 atom stereocenters. The minimum Gasteiger partial charge on any atom is -0.468 e. The van der Waals surface area contributed by atoms with Crippen LogP contribution >= 0.6 is 0 Å². The Morgan fingerprint density at radius 1 is 1.12 bits per heavy atom. The molecule has 1 N–H and O–H groups in total. The molecule has 4 aromatic rings. The number of rotatable bonds is 6. The monoisotopic (exact) mass is 444 g/mol. The van der Waals surface area contributed by atoms with Crippen LogP contribution in [0.5, 0.6) is 0 Å². The summed E-state index contributed by atoms with van der Waals surface area (Å²) in [7, 11) is 0. The molecule has 0 amide bonds. The van der Waals surface area contributed by atoms with Crippen molar-refractivity contribution in [2.24, 2.45) is 5.92 Å². The van der Waals surface area contributed by atoms with Gasteiger partial charge in [0.25, 0.3) is 6.47 Å². The fourth-order valence-electron chi connectivity index (χ4n) is 5.50. The third-order valence-corrected chi connectivity index (χ3v) is 7.25. The van der Waals surface area contributed by atoms with Crippen molar-refractivity contribution in [3.63, 3.8) is 0 Å². The summed E-state index contributed by atoms with van der Waals surface area (Å²) in [6.07, 6.45) is 11.1. The average molecular weight is 445 g/mol. The second-order valence-electron chi connectivity index (χ2n) is 9.31. The molecule has 1 aliphatic heterocycles. The SMILES string of the molecule is O=COCC1CCN(c2cc(-c3ccc4c(c3)ncn4C3CCCCC3)c3[nH]cnc3n2)C1. The molecule has 170 valence electrons. The number of carbonyl (C=O) groups excluding carboxylic acids is 1. The zero-order valence-electron chi connectivity index (χ0n) is 18.6. The van der Waals surface area contributed by atoms with Crippen LogP contribution in [0.2, 0.25) is 0 Å². The summed E-state index contributed by atoms with van der Waals surface area (Å²) < 4.78 is 7.35. The molecule has 1 aromatic carbocycles. The number of carbonyl (C=O) groups is 1. The van der Waals surface area contributed by atoms with Crippen LogP contribution in [0.3, 0.4) is 0 Å². The lowest BCUT2D eigenvalue weighted by molar-refractivity contribution is -0.129. The number of fused-ring (bicyclic) bond motifs is 2. The Bertz CT molecular complexity index is 1290. The van der Waals surface area contributed by atoms with Crippen LogP contribution in [0.25, 0.3) is 33.3 Å². The first kappa shape index (κ1) is 20.2. The normalized spacial score (nSPS) is 19.5. The molecule has 2 fully saturated rings. The molecule has 33 heavy (non-hydrogen) atoms. The third-order valence-electron chi connectivity index (χ3n) is 7.25. The van der Waals surface area contributed by atoms with Crippen molar-refractivity contribution in [2.75, 3.05) is 24.6 Å². The van der Waals surface area contributed by atoms with E-state index in [2.05, 4.69) is 43.7 Å². The maximum atomic E-state index is 10.5. The number of aromatic nitrogens is 5. The Labute approximate surface area is 192 Å². The van der Waals surface area contributed by atoms with E-state index in [0.717, 1.165) is 47.5 Å². The van der Waals surface area contributed by atoms with E-state index in [1.54, 1.807) is 6.33 Å². The minimum absolute atomic E-state index is 0.329. The van der Waals surface area contributed by atoms with Gasteiger partial charge in [0.2, 0.25) is 0 Å². The predicted octanol–water partition coefficient (Wildman–Crippen LogP) is 4.48. The molecule has 1 aliphatic carbocycles. The van der Waals surface area contributed by atoms with Crippen LogP contribution < -0.4 is 4.90 Å². The Morgan fingerprint density at radius 2 is 2.03 bits per heavy atom. The summed E-state index contributed by atoms with van der Waals surface area (Å²) in [4.78, 5) is 30.1. The summed E-state index contributed by atoms with van der Waals surface area (Å²) in [6, 6.07) is 9.28. The summed E-state index contributed by atoms with van der Waals surface area (Å²) in [6.45, 7) is 2.69. The zero-order chi connectivity index (χ0) is 22.2. The van der Waals surface area contributed by atoms with Crippen molar-refractivity contribution >= 4 is 34.5 Å². The number of anilines is 1. The smallest absolute Gasteiger partial charge is 0.293 e. The van der Waals surface area contributed by atoms with E-state index in [9.17, 15) is 4.79 Å². The largest absolute Gasteiger partial charge is 0.468 e. The van der Waals surface area contributed by atoms with Crippen LogP contribution in [0, 0.1) is 5.92 Å². The molecule has 1 unspecified atom stereocenters. The van der Waals surface area contributed by atoms with Gasteiger partial charge in [-0.1, -0.05) is 25.3 Å². The van der Waals surface area contributed by atoms with Gasteiger partial charge in [-0.2, -0.15) is 0 Å². The van der Waals surface area contributed by atoms with Crippen LogP contribution in [0.1, 0.15) is 44.6 Å². The van der Waals surface area contributed by atoms with Gasteiger partial charge in [0.15, 0.2) is 5.65 Å². The van der Waals surface area contributed by atoms with Crippen molar-refractivity contribution in [1.82, 2.24) is 24.5 Å². The van der Waals surface area contributed by atoms with Crippen molar-refractivity contribution in [1.29, 1.82) is 0 Å². The Hall–Kier alpha value is -3.42. The first-order valence-corrected chi connectivity index (χ1v) is 11.9. The van der Waals surface area contributed by atoms with E-state index in [4.69, 9.17) is 14.7 Å². The molecule has 0 bridgehead atoms. The number of nitrogens with zero attached hydrogens (tertiary/aromatic N) is 5. The molecule has 4 heterocycles. The molecule has 3 aromatic heterocycles. The number of hydrogen-bond donors (Lipinski definition) is 1. The Balaban J connectivity index is 1.35. The van der Waals surface area contributed by atoms with Gasteiger partial charge in [0, 0.05) is 30.6 Å². The summed E-state index contributed by atoms with van der Waals surface area (Å²) >= 11 is 0. The topological polar surface area (TPSA) is 88.9 Å². The lowest BCUT2D eigenvalue weighted by atomic mass is 9.95. The highest BCUT2D eigenvalue weighted by Gasteiger charge is 2.25. The quantitative estimate of drug-likeness (QED) is 0.441. The first-order valence-electron chi connectivity index (χ1n) is 11.9. The molecule has 6 rings (SSSR count). The highest BCUT2D eigenvalue weighted by Crippen LogP contribution is 2.35. The summed E-state index contributed by atoms with van der Waals surface area (Å²) in [5.74, 6) is 1.24. The second-order valence-corrected chi connectivity index (χ2v) is 9.31. The zero-order valence-corrected chi connectivity index (χ0v) is 18.6. The standard InChI is InChI=1S/C25H28N6O2/c32-16-33-13-17-8-9-30(12-17)23-11-20(24-25(29-23)27-14-26-24)18-6-7-22-21(10-18)28-15-31(22)19-4-2-1-3-5-19/h6-7,10-11,14-17,19H,1-5,8-9,12-13H2,(H,26,27,29). The summed E-state index contributed by atoms with van der Waals surface area (Å²) in [5.41, 5.74) is 6.06. The highest BCUT2D eigenvalue weighted by molar-refractivity contribution is 5.94. The van der Waals surface area contributed by atoms with E-state index >= 15 is 0 Å². The second kappa shape index (κ2) is 8.50. The van der Waals surface area contributed by atoms with Crippen molar-refractivity contribution in [3.8, 4) is 11.1 Å². The van der Waals surface area contributed by atoms with Gasteiger partial charge in [0.05, 0.1) is 35.8 Å². The number of benzene rings is 1. The van der Waals surface area contributed by atoms with Crippen LogP contribution in [0.4, 0.5) is 5.82 Å². The lowest BCUT2D eigenvalue weighted by Gasteiger charge is -2.23. The molecule has 1 saturated heterocycles. The van der Waals surface area contributed by atoms with Crippen molar-refractivity contribution in [3.05, 3.63) is 36.9 Å². The van der Waals surface area contributed by atoms with Gasteiger partial charge in [-0.15, -0.1) is 0 Å². The predicted molar refractivity (Wildman–Crippen MR) is 127 cm³/mol. The van der Waals surface area contributed by atoms with E-state index in [1.807, 2.05) is 6.33 Å². The molecular formula is C25H28N6O2. The van der Waals surface area contributed by atoms with Crippen LogP contribution in [-0.2, 0) is 9.53 Å². The average Bonchev–Trinajstić information content (AvgIpc) is 3.61. The van der Waals surface area contributed by atoms with E-state index in [0.29, 0.717) is 30.7 Å². The third kappa shape index (κ3) is 3.73. The maximum Gasteiger partial charge on any atom is 0.293 e. The number of aromatic amines is 1. The van der Waals surface area contributed by atoms with E-state index in [1.165, 1.54) is 37.6 Å². The molecule has 1 saturated carbocycles. The Kier molecular flexibility index (Phi) is 5.20. The minimum atomic E-state index is 0.329. The maximum absolute atomic E-state index is 10.5. The molecule has 0 radical (unpaired) electrons. The number of imidazole rings is 2. The molecule has 8 nitrogen and oxygen atoms in total. The summed E-state index contributed by atoms with van der Waals surface area (Å²) in [5, 5.41) is 0. The fourth-order valence-corrected chi connectivity index (χ4v) is 5.50. The first-order chi connectivity index (χ1) is 16.3. The van der Waals surface area contributed by atoms with Gasteiger partial charge in [-0.25, -0.2) is 15.0 Å². The molecule has 8 heteroatoms. The van der Waals surface area contributed by atoms with Gasteiger partial charge >= 0.3 is 0 Å². The van der Waals surface area contributed by atoms with E-state index in [-0.39, 0.29) is 0 Å². The van der Waals surface area contributed by atoms with Crippen molar-refractivity contribution < 1.29 is 9.53 Å². The molecule has 0 spiro atoms. The lowest BCUT2D eigenvalue weighted by Crippen LogP contribution is -2.22.